The molecule has 18 heavy (non-hydrogen) atoms. The molecule has 0 aromatic carbocycles. The Labute approximate surface area is 116 Å². The maximum absolute atomic E-state index is 6.39. The highest BCUT2D eigenvalue weighted by Crippen LogP contribution is 2.21. The van der Waals surface area contributed by atoms with Crippen molar-refractivity contribution < 1.29 is 4.12 Å². The van der Waals surface area contributed by atoms with Crippen molar-refractivity contribution in [2.45, 2.75) is 65.0 Å². The molecule has 0 radical (unpaired) electrons. The van der Waals surface area contributed by atoms with Crippen LogP contribution in [0.4, 0.5) is 0 Å². The molecule has 0 bridgehead atoms. The van der Waals surface area contributed by atoms with E-state index in [1.54, 1.807) is 0 Å². The molecule has 0 saturated carbocycles. The fourth-order valence-corrected chi connectivity index (χ4v) is 10.9. The molecule has 1 aliphatic heterocycles. The molecule has 0 amide bonds. The zero-order valence-electron chi connectivity index (χ0n) is 13.4. The Morgan fingerprint density at radius 3 is 2.11 bits per heavy atom. The number of rotatable bonds is 6. The summed E-state index contributed by atoms with van der Waals surface area (Å²) in [5.74, 6) is 0.947. The number of nitrogens with zero attached hydrogens (tertiary/aromatic N) is 1. The van der Waals surface area contributed by atoms with E-state index < -0.39 is 16.6 Å². The lowest BCUT2D eigenvalue weighted by Gasteiger charge is -2.33. The zero-order valence-corrected chi connectivity index (χ0v) is 15.4. The third-order valence-electron chi connectivity index (χ3n) is 3.71. The molecule has 1 heterocycles. The largest absolute Gasteiger partial charge is 0.456 e. The van der Waals surface area contributed by atoms with E-state index in [1.165, 1.54) is 44.9 Å². The topological polar surface area (TPSA) is 12.5 Å². The Morgan fingerprint density at radius 1 is 1.06 bits per heavy atom. The molecule has 0 spiro atoms. The molecule has 0 unspecified atom stereocenters. The van der Waals surface area contributed by atoms with Gasteiger partial charge in [0.2, 0.25) is 0 Å². The molecule has 1 saturated heterocycles. The molecule has 0 atom stereocenters. The van der Waals surface area contributed by atoms with E-state index in [-0.39, 0.29) is 0 Å². The number of hydrogen-bond acceptors (Lipinski definition) is 2. The van der Waals surface area contributed by atoms with Crippen LogP contribution in [0.2, 0.25) is 38.8 Å². The first kappa shape index (κ1) is 16.4. The minimum atomic E-state index is -1.40. The van der Waals surface area contributed by atoms with Crippen molar-refractivity contribution in [2.24, 2.45) is 5.92 Å². The first-order chi connectivity index (χ1) is 8.18. The van der Waals surface area contributed by atoms with Crippen LogP contribution >= 0.6 is 0 Å². The van der Waals surface area contributed by atoms with Gasteiger partial charge in [-0.05, 0) is 83.6 Å². The molecule has 0 aromatic rings. The van der Waals surface area contributed by atoms with Gasteiger partial charge in [-0.15, -0.1) is 0 Å². The number of piperidine rings is 1. The van der Waals surface area contributed by atoms with Crippen LogP contribution in [0.25, 0.3) is 0 Å². The normalized spacial score (nSPS) is 20.3. The van der Waals surface area contributed by atoms with Crippen LogP contribution in [-0.4, -0.2) is 41.2 Å². The van der Waals surface area contributed by atoms with Gasteiger partial charge >= 0.3 is 0 Å². The molecule has 4 heteroatoms. The molecular formula is C14H33NOSi2. The summed E-state index contributed by atoms with van der Waals surface area (Å²) in [6, 6.07) is 1.32. The van der Waals surface area contributed by atoms with E-state index >= 15 is 0 Å². The molecule has 1 fully saturated rings. The van der Waals surface area contributed by atoms with Crippen molar-refractivity contribution in [1.29, 1.82) is 0 Å². The summed E-state index contributed by atoms with van der Waals surface area (Å²) in [4.78, 5) is 2.65. The maximum atomic E-state index is 6.39. The lowest BCUT2D eigenvalue weighted by molar-refractivity contribution is 0.192. The highest BCUT2D eigenvalue weighted by molar-refractivity contribution is 6.84. The van der Waals surface area contributed by atoms with Gasteiger partial charge in [0.25, 0.3) is 0 Å². The predicted molar refractivity (Wildman–Crippen MR) is 86.2 cm³/mol. The Bertz CT molecular complexity index is 243. The van der Waals surface area contributed by atoms with Crippen molar-refractivity contribution in [2.75, 3.05) is 19.6 Å². The second-order valence-corrected chi connectivity index (χ2v) is 16.7. The van der Waals surface area contributed by atoms with Gasteiger partial charge in [-0.1, -0.05) is 6.92 Å². The van der Waals surface area contributed by atoms with Crippen LogP contribution in [0.1, 0.15) is 26.2 Å². The average molecular weight is 288 g/mol. The second-order valence-electron chi connectivity index (χ2n) is 7.60. The fourth-order valence-electron chi connectivity index (χ4n) is 2.89. The molecular weight excluding hydrogens is 254 g/mol. The summed E-state index contributed by atoms with van der Waals surface area (Å²) in [6.07, 6.45) is 4.12. The minimum absolute atomic E-state index is 0.947. The first-order valence-corrected chi connectivity index (χ1v) is 14.1. The Hall–Kier alpha value is 0.354. The summed E-state index contributed by atoms with van der Waals surface area (Å²) in [5, 5.41) is 0. The minimum Gasteiger partial charge on any atom is -0.456 e. The number of likely N-dealkylation sites (tertiary alicyclic amines) is 1. The third-order valence-corrected chi connectivity index (χ3v) is 9.93. The van der Waals surface area contributed by atoms with Gasteiger partial charge in [0.15, 0.2) is 16.6 Å². The SMILES string of the molecule is CC1CCN(CCC[Si](C)(C)O[Si](C)(C)C)CC1. The van der Waals surface area contributed by atoms with Crippen LogP contribution in [0.3, 0.4) is 0 Å². The van der Waals surface area contributed by atoms with Gasteiger partial charge in [-0.25, -0.2) is 0 Å². The Balaban J connectivity index is 2.20. The predicted octanol–water partition coefficient (Wildman–Crippen LogP) is 4.17. The molecule has 1 aliphatic rings. The van der Waals surface area contributed by atoms with Crippen LogP contribution in [0.5, 0.6) is 0 Å². The first-order valence-electron chi connectivity index (χ1n) is 7.60. The highest BCUT2D eigenvalue weighted by atomic mass is 28.4. The smallest absolute Gasteiger partial charge is 0.173 e. The standard InChI is InChI=1S/C14H33NOSi2/c1-14-8-11-15(12-9-14)10-7-13-18(5,6)16-17(2,3)4/h14H,7-13H2,1-6H3. The van der Waals surface area contributed by atoms with E-state index in [9.17, 15) is 0 Å². The van der Waals surface area contributed by atoms with E-state index in [0.717, 1.165) is 5.92 Å². The summed E-state index contributed by atoms with van der Waals surface area (Å²) in [6.45, 7) is 18.0. The van der Waals surface area contributed by atoms with E-state index in [4.69, 9.17) is 4.12 Å². The average Bonchev–Trinajstić information content (AvgIpc) is 2.17. The molecule has 0 N–H and O–H groups in total. The highest BCUT2D eigenvalue weighted by Gasteiger charge is 2.29. The lowest BCUT2D eigenvalue weighted by Crippen LogP contribution is -2.42. The summed E-state index contributed by atoms with van der Waals surface area (Å²) in [7, 11) is -2.74. The maximum Gasteiger partial charge on any atom is 0.173 e. The van der Waals surface area contributed by atoms with Gasteiger partial charge in [0.1, 0.15) is 0 Å². The third kappa shape index (κ3) is 7.07. The summed E-state index contributed by atoms with van der Waals surface area (Å²) < 4.78 is 6.39. The Kier molecular flexibility index (Phi) is 6.09. The summed E-state index contributed by atoms with van der Waals surface area (Å²) in [5.41, 5.74) is 0. The quantitative estimate of drug-likeness (QED) is 0.680. The van der Waals surface area contributed by atoms with E-state index in [2.05, 4.69) is 44.6 Å². The van der Waals surface area contributed by atoms with Crippen molar-refractivity contribution in [3.8, 4) is 0 Å². The number of hydrogen-bond donors (Lipinski definition) is 0. The van der Waals surface area contributed by atoms with Crippen LogP contribution in [-0.2, 0) is 4.12 Å². The molecule has 108 valence electrons. The van der Waals surface area contributed by atoms with Gasteiger partial charge in [0, 0.05) is 0 Å². The van der Waals surface area contributed by atoms with Gasteiger partial charge in [-0.3, -0.25) is 0 Å². The zero-order chi connectivity index (χ0) is 13.8. The van der Waals surface area contributed by atoms with Gasteiger partial charge in [-0.2, -0.15) is 0 Å². The van der Waals surface area contributed by atoms with Crippen LogP contribution in [0.15, 0.2) is 0 Å². The van der Waals surface area contributed by atoms with E-state index in [1.807, 2.05) is 0 Å². The monoisotopic (exact) mass is 287 g/mol. The second kappa shape index (κ2) is 6.68. The van der Waals surface area contributed by atoms with E-state index in [0.29, 0.717) is 0 Å². The molecule has 0 aliphatic carbocycles. The van der Waals surface area contributed by atoms with Crippen molar-refractivity contribution in [3.05, 3.63) is 0 Å². The fraction of sp³-hybridized carbons (Fsp3) is 1.00. The lowest BCUT2D eigenvalue weighted by atomic mass is 9.99. The van der Waals surface area contributed by atoms with Gasteiger partial charge < -0.3 is 9.02 Å². The van der Waals surface area contributed by atoms with Crippen LogP contribution in [0, 0.1) is 5.92 Å². The molecule has 0 aromatic heterocycles. The Morgan fingerprint density at radius 2 is 1.61 bits per heavy atom. The molecule has 1 rings (SSSR count). The van der Waals surface area contributed by atoms with Crippen LogP contribution < -0.4 is 0 Å². The van der Waals surface area contributed by atoms with Crippen molar-refractivity contribution >= 4 is 16.6 Å². The van der Waals surface area contributed by atoms with Crippen molar-refractivity contribution in [1.82, 2.24) is 4.90 Å². The summed E-state index contributed by atoms with van der Waals surface area (Å²) >= 11 is 0. The molecule has 2 nitrogen and oxygen atoms in total. The van der Waals surface area contributed by atoms with Crippen molar-refractivity contribution in [3.63, 3.8) is 0 Å². The van der Waals surface area contributed by atoms with Gasteiger partial charge in [0.05, 0.1) is 0 Å².